The van der Waals surface area contributed by atoms with Gasteiger partial charge in [-0.2, -0.15) is 13.2 Å². The molecule has 0 aliphatic rings. The molecule has 2 aromatic heterocycles. The summed E-state index contributed by atoms with van der Waals surface area (Å²) in [5.41, 5.74) is 0.948. The summed E-state index contributed by atoms with van der Waals surface area (Å²) in [5, 5.41) is 13.9. The van der Waals surface area contributed by atoms with Crippen LogP contribution in [0.5, 0.6) is 0 Å². The summed E-state index contributed by atoms with van der Waals surface area (Å²) in [6.07, 6.45) is -1.11. The highest BCUT2D eigenvalue weighted by Gasteiger charge is 2.30. The van der Waals surface area contributed by atoms with Crippen molar-refractivity contribution in [2.75, 3.05) is 5.32 Å². The summed E-state index contributed by atoms with van der Waals surface area (Å²) >= 11 is 1.21. The van der Waals surface area contributed by atoms with Gasteiger partial charge in [0.1, 0.15) is 6.33 Å². The third kappa shape index (κ3) is 4.51. The maximum atomic E-state index is 12.9. The van der Waals surface area contributed by atoms with Gasteiger partial charge in [-0.3, -0.25) is 10.1 Å². The molecular weight excluding hydrogens is 417 g/mol. The quantitative estimate of drug-likeness (QED) is 0.518. The number of carbonyl (C=O) groups is 1. The molecular formula is C19H13F3N6OS. The number of amides is 1. The average molecular weight is 430 g/mol. The number of anilines is 1. The van der Waals surface area contributed by atoms with E-state index in [4.69, 9.17) is 0 Å². The molecule has 1 amide bonds. The van der Waals surface area contributed by atoms with Gasteiger partial charge < -0.3 is 0 Å². The zero-order valence-electron chi connectivity index (χ0n) is 15.2. The lowest BCUT2D eigenvalue weighted by Crippen LogP contribution is -2.11. The summed E-state index contributed by atoms with van der Waals surface area (Å²) in [7, 11) is 0. The van der Waals surface area contributed by atoms with Crippen molar-refractivity contribution in [2.24, 2.45) is 0 Å². The summed E-state index contributed by atoms with van der Waals surface area (Å²) < 4.78 is 40.0. The van der Waals surface area contributed by atoms with Gasteiger partial charge >= 0.3 is 6.18 Å². The molecule has 11 heteroatoms. The Morgan fingerprint density at radius 2 is 1.93 bits per heavy atom. The number of hydrogen-bond donors (Lipinski definition) is 1. The second-order valence-electron chi connectivity index (χ2n) is 6.26. The van der Waals surface area contributed by atoms with Gasteiger partial charge in [-0.05, 0) is 46.3 Å². The number of rotatable bonds is 5. The van der Waals surface area contributed by atoms with Gasteiger partial charge in [-0.1, -0.05) is 18.2 Å². The molecule has 7 nitrogen and oxygen atoms in total. The van der Waals surface area contributed by atoms with Gasteiger partial charge in [-0.15, -0.1) is 16.4 Å². The van der Waals surface area contributed by atoms with Crippen LogP contribution in [0.15, 0.2) is 61.1 Å². The minimum Gasteiger partial charge on any atom is -0.298 e. The molecule has 0 unspecified atom stereocenters. The van der Waals surface area contributed by atoms with E-state index in [0.29, 0.717) is 21.9 Å². The van der Waals surface area contributed by atoms with E-state index in [0.717, 1.165) is 17.0 Å². The third-order valence-corrected chi connectivity index (χ3v) is 5.06. The highest BCUT2D eigenvalue weighted by atomic mass is 32.1. The Kier molecular flexibility index (Phi) is 5.27. The Morgan fingerprint density at radius 1 is 1.13 bits per heavy atom. The van der Waals surface area contributed by atoms with Gasteiger partial charge in [-0.25, -0.2) is 9.67 Å². The van der Waals surface area contributed by atoms with Gasteiger partial charge in [0.2, 0.25) is 0 Å². The van der Waals surface area contributed by atoms with E-state index in [1.54, 1.807) is 36.5 Å². The molecule has 0 radical (unpaired) electrons. The molecule has 0 aliphatic carbocycles. The molecule has 0 saturated carbocycles. The largest absolute Gasteiger partial charge is 0.416 e. The summed E-state index contributed by atoms with van der Waals surface area (Å²) in [5.74, 6) is -0.349. The Bertz CT molecular complexity index is 1160. The van der Waals surface area contributed by atoms with E-state index < -0.39 is 11.7 Å². The van der Waals surface area contributed by atoms with Crippen LogP contribution in [0.2, 0.25) is 0 Å². The maximum absolute atomic E-state index is 12.9. The van der Waals surface area contributed by atoms with Crippen molar-refractivity contribution in [1.82, 2.24) is 25.2 Å². The minimum atomic E-state index is -4.39. The molecule has 0 bridgehead atoms. The molecule has 0 saturated heterocycles. The van der Waals surface area contributed by atoms with Gasteiger partial charge in [0.25, 0.3) is 5.91 Å². The standard InChI is InChI=1S/C19H13F3N6OS/c20-19(21,22)14-3-1-2-12(8-14)9-16-10-23-18(30-16)25-17(29)13-4-6-15(7-5-13)28-11-24-26-27-28/h1-8,10-11H,9H2,(H,23,25,29). The van der Waals surface area contributed by atoms with E-state index in [1.165, 1.54) is 28.4 Å². The molecule has 0 fully saturated rings. The first kappa shape index (κ1) is 19.7. The van der Waals surface area contributed by atoms with Crippen molar-refractivity contribution in [3.63, 3.8) is 0 Å². The first-order valence-electron chi connectivity index (χ1n) is 8.64. The van der Waals surface area contributed by atoms with Crippen LogP contribution in [-0.2, 0) is 12.6 Å². The molecule has 0 atom stereocenters. The second-order valence-corrected chi connectivity index (χ2v) is 7.38. The lowest BCUT2D eigenvalue weighted by Gasteiger charge is -2.07. The van der Waals surface area contributed by atoms with Crippen molar-refractivity contribution in [2.45, 2.75) is 12.6 Å². The Balaban J connectivity index is 1.41. The van der Waals surface area contributed by atoms with Gasteiger partial charge in [0, 0.05) is 23.1 Å². The Hall–Kier alpha value is -3.60. The van der Waals surface area contributed by atoms with Crippen LogP contribution >= 0.6 is 11.3 Å². The molecule has 0 aliphatic heterocycles. The number of hydrogen-bond acceptors (Lipinski definition) is 6. The van der Waals surface area contributed by atoms with E-state index in [2.05, 4.69) is 25.8 Å². The van der Waals surface area contributed by atoms with Gasteiger partial charge in [0.05, 0.1) is 11.3 Å². The average Bonchev–Trinajstić information content (AvgIpc) is 3.40. The maximum Gasteiger partial charge on any atom is 0.416 e. The van der Waals surface area contributed by atoms with Crippen LogP contribution in [0.4, 0.5) is 18.3 Å². The van der Waals surface area contributed by atoms with Crippen LogP contribution in [0.1, 0.15) is 26.4 Å². The minimum absolute atomic E-state index is 0.290. The highest BCUT2D eigenvalue weighted by molar-refractivity contribution is 7.15. The molecule has 4 rings (SSSR count). The topological polar surface area (TPSA) is 85.6 Å². The zero-order chi connectivity index (χ0) is 21.1. The van der Waals surface area contributed by atoms with Crippen molar-refractivity contribution in [3.8, 4) is 5.69 Å². The number of halogens is 3. The van der Waals surface area contributed by atoms with Crippen LogP contribution in [0, 0.1) is 0 Å². The Morgan fingerprint density at radius 3 is 2.63 bits per heavy atom. The van der Waals surface area contributed by atoms with Crippen LogP contribution in [-0.4, -0.2) is 31.1 Å². The van der Waals surface area contributed by atoms with Gasteiger partial charge in [0.15, 0.2) is 5.13 Å². The number of nitrogens with zero attached hydrogens (tertiary/aromatic N) is 5. The molecule has 0 spiro atoms. The first-order chi connectivity index (χ1) is 14.4. The lowest BCUT2D eigenvalue weighted by molar-refractivity contribution is -0.137. The van der Waals surface area contributed by atoms with Crippen molar-refractivity contribution in [1.29, 1.82) is 0 Å². The van der Waals surface area contributed by atoms with E-state index in [9.17, 15) is 18.0 Å². The SMILES string of the molecule is O=C(Nc1ncc(Cc2cccc(C(F)(F)F)c2)s1)c1ccc(-n2cnnn2)cc1. The first-order valence-corrected chi connectivity index (χ1v) is 9.46. The number of aromatic nitrogens is 5. The zero-order valence-corrected chi connectivity index (χ0v) is 16.0. The molecule has 1 N–H and O–H groups in total. The summed E-state index contributed by atoms with van der Waals surface area (Å²) in [4.78, 5) is 17.3. The van der Waals surface area contributed by atoms with Crippen LogP contribution in [0.25, 0.3) is 5.69 Å². The number of benzene rings is 2. The number of carbonyl (C=O) groups excluding carboxylic acids is 1. The monoisotopic (exact) mass is 430 g/mol. The number of nitrogens with one attached hydrogen (secondary N) is 1. The second kappa shape index (κ2) is 8.03. The molecule has 30 heavy (non-hydrogen) atoms. The molecule has 2 aromatic carbocycles. The van der Waals surface area contributed by atoms with Crippen molar-refractivity contribution >= 4 is 22.4 Å². The van der Waals surface area contributed by atoms with E-state index >= 15 is 0 Å². The third-order valence-electron chi connectivity index (χ3n) is 4.15. The van der Waals surface area contributed by atoms with Crippen molar-refractivity contribution < 1.29 is 18.0 Å². The molecule has 4 aromatic rings. The van der Waals surface area contributed by atoms with E-state index in [-0.39, 0.29) is 12.3 Å². The highest BCUT2D eigenvalue weighted by Crippen LogP contribution is 2.30. The molecule has 2 heterocycles. The predicted molar refractivity (Wildman–Crippen MR) is 103 cm³/mol. The lowest BCUT2D eigenvalue weighted by atomic mass is 10.1. The number of alkyl halides is 3. The summed E-state index contributed by atoms with van der Waals surface area (Å²) in [6, 6.07) is 11.8. The number of tetrazole rings is 1. The smallest absolute Gasteiger partial charge is 0.298 e. The normalized spacial score (nSPS) is 11.4. The van der Waals surface area contributed by atoms with E-state index in [1.807, 2.05) is 0 Å². The fourth-order valence-corrected chi connectivity index (χ4v) is 3.56. The molecule has 152 valence electrons. The van der Waals surface area contributed by atoms with Crippen molar-refractivity contribution in [3.05, 3.63) is 82.6 Å². The predicted octanol–water partition coefficient (Wildman–Crippen LogP) is 3.98. The Labute approximate surface area is 172 Å². The fourth-order valence-electron chi connectivity index (χ4n) is 2.72. The fraction of sp³-hybridized carbons (Fsp3) is 0.105. The number of thiazole rings is 1. The summed E-state index contributed by atoms with van der Waals surface area (Å²) in [6.45, 7) is 0. The van der Waals surface area contributed by atoms with Crippen LogP contribution in [0.3, 0.4) is 0 Å². The van der Waals surface area contributed by atoms with Crippen LogP contribution < -0.4 is 5.32 Å².